The van der Waals surface area contributed by atoms with Gasteiger partial charge in [0, 0.05) is 18.1 Å². The molecule has 20 heavy (non-hydrogen) atoms. The maximum atomic E-state index is 12.0. The van der Waals surface area contributed by atoms with Crippen LogP contribution in [-0.4, -0.2) is 11.3 Å². The van der Waals surface area contributed by atoms with Gasteiger partial charge in [0.05, 0.1) is 6.04 Å². The molecule has 1 heterocycles. The lowest BCUT2D eigenvalue weighted by atomic mass is 10.2. The minimum atomic E-state index is -4.65. The molecule has 0 aliphatic rings. The summed E-state index contributed by atoms with van der Waals surface area (Å²) in [7, 11) is 0. The molecule has 0 amide bonds. The summed E-state index contributed by atoms with van der Waals surface area (Å²) < 4.78 is 39.9. The number of nitrogens with one attached hydrogen (secondary N) is 1. The van der Waals surface area contributed by atoms with Gasteiger partial charge >= 0.3 is 6.36 Å². The number of hydrogen-bond acceptors (Lipinski definition) is 4. The van der Waals surface area contributed by atoms with E-state index in [0.29, 0.717) is 6.54 Å². The van der Waals surface area contributed by atoms with E-state index in [4.69, 9.17) is 0 Å². The van der Waals surface area contributed by atoms with Gasteiger partial charge in [-0.2, -0.15) is 0 Å². The number of hydrogen-bond donors (Lipinski definition) is 1. The summed E-state index contributed by atoms with van der Waals surface area (Å²) in [6.07, 6.45) is -2.92. The average Bonchev–Trinajstić information content (AvgIpc) is 2.89. The predicted molar refractivity (Wildman–Crippen MR) is 70.5 cm³/mol. The second-order valence-electron chi connectivity index (χ2n) is 4.16. The van der Waals surface area contributed by atoms with Gasteiger partial charge in [-0.25, -0.2) is 4.98 Å². The van der Waals surface area contributed by atoms with Crippen molar-refractivity contribution in [1.82, 2.24) is 10.3 Å². The van der Waals surface area contributed by atoms with Gasteiger partial charge in [0.2, 0.25) is 0 Å². The molecule has 1 unspecified atom stereocenters. The van der Waals surface area contributed by atoms with Gasteiger partial charge in [-0.1, -0.05) is 12.1 Å². The standard InChI is InChI=1S/C13H13F3N2OS/c1-9(12-17-6-7-20-12)18-8-10-2-4-11(5-3-10)19-13(14,15)16/h2-7,9,18H,8H2,1H3. The first kappa shape index (κ1) is 14.8. The van der Waals surface area contributed by atoms with Crippen molar-refractivity contribution in [2.75, 3.05) is 0 Å². The maximum absolute atomic E-state index is 12.0. The van der Waals surface area contributed by atoms with Gasteiger partial charge in [-0.05, 0) is 24.6 Å². The Bertz CT molecular complexity index is 526. The molecule has 0 aliphatic carbocycles. The predicted octanol–water partition coefficient (Wildman–Crippen LogP) is 3.89. The number of ether oxygens (including phenoxy) is 1. The molecule has 1 aromatic heterocycles. The van der Waals surface area contributed by atoms with Crippen molar-refractivity contribution >= 4 is 11.3 Å². The van der Waals surface area contributed by atoms with E-state index in [9.17, 15) is 13.2 Å². The number of rotatable bonds is 5. The largest absolute Gasteiger partial charge is 0.573 e. The van der Waals surface area contributed by atoms with Gasteiger partial charge in [0.1, 0.15) is 10.8 Å². The molecule has 0 radical (unpaired) electrons. The van der Waals surface area contributed by atoms with E-state index >= 15 is 0 Å². The summed E-state index contributed by atoms with van der Waals surface area (Å²) in [6, 6.07) is 5.91. The third-order valence-electron chi connectivity index (χ3n) is 2.59. The van der Waals surface area contributed by atoms with E-state index in [-0.39, 0.29) is 11.8 Å². The first-order valence-corrected chi connectivity index (χ1v) is 6.79. The first-order chi connectivity index (χ1) is 9.44. The lowest BCUT2D eigenvalue weighted by Crippen LogP contribution is -2.18. The van der Waals surface area contributed by atoms with Gasteiger partial charge in [-0.3, -0.25) is 0 Å². The van der Waals surface area contributed by atoms with Crippen LogP contribution in [0.1, 0.15) is 23.5 Å². The fourth-order valence-electron chi connectivity index (χ4n) is 1.62. The summed E-state index contributed by atoms with van der Waals surface area (Å²) >= 11 is 1.56. The third-order valence-corrected chi connectivity index (χ3v) is 3.55. The second-order valence-corrected chi connectivity index (χ2v) is 5.09. The van der Waals surface area contributed by atoms with Crippen LogP contribution >= 0.6 is 11.3 Å². The highest BCUT2D eigenvalue weighted by molar-refractivity contribution is 7.09. The minimum absolute atomic E-state index is 0.0982. The quantitative estimate of drug-likeness (QED) is 0.909. The highest BCUT2D eigenvalue weighted by Crippen LogP contribution is 2.23. The maximum Gasteiger partial charge on any atom is 0.573 e. The first-order valence-electron chi connectivity index (χ1n) is 5.91. The molecule has 2 aromatic rings. The van der Waals surface area contributed by atoms with Crippen molar-refractivity contribution in [1.29, 1.82) is 0 Å². The van der Waals surface area contributed by atoms with E-state index in [0.717, 1.165) is 10.6 Å². The lowest BCUT2D eigenvalue weighted by molar-refractivity contribution is -0.274. The zero-order valence-corrected chi connectivity index (χ0v) is 11.5. The van der Waals surface area contributed by atoms with Crippen molar-refractivity contribution in [3.05, 3.63) is 46.4 Å². The number of aromatic nitrogens is 1. The summed E-state index contributed by atoms with van der Waals surface area (Å²) in [4.78, 5) is 4.19. The van der Waals surface area contributed by atoms with Crippen LogP contribution in [0.25, 0.3) is 0 Å². The molecule has 3 nitrogen and oxygen atoms in total. The highest BCUT2D eigenvalue weighted by Gasteiger charge is 2.30. The molecule has 0 bridgehead atoms. The third kappa shape index (κ3) is 4.50. The topological polar surface area (TPSA) is 34.1 Å². The minimum Gasteiger partial charge on any atom is -0.406 e. The molecule has 2 rings (SSSR count). The van der Waals surface area contributed by atoms with Crippen molar-refractivity contribution in [2.45, 2.75) is 25.9 Å². The smallest absolute Gasteiger partial charge is 0.406 e. The van der Waals surface area contributed by atoms with E-state index in [1.807, 2.05) is 12.3 Å². The SMILES string of the molecule is CC(NCc1ccc(OC(F)(F)F)cc1)c1nccs1. The summed E-state index contributed by atoms with van der Waals surface area (Å²) in [5, 5.41) is 6.13. The summed E-state index contributed by atoms with van der Waals surface area (Å²) in [5.74, 6) is -0.214. The number of halogens is 3. The number of thiazole rings is 1. The van der Waals surface area contributed by atoms with Gasteiger partial charge in [0.25, 0.3) is 0 Å². The van der Waals surface area contributed by atoms with Crippen LogP contribution < -0.4 is 10.1 Å². The van der Waals surface area contributed by atoms with Crippen LogP contribution in [0.3, 0.4) is 0 Å². The fourth-order valence-corrected chi connectivity index (χ4v) is 2.29. The Kier molecular flexibility index (Phi) is 4.61. The molecule has 0 fully saturated rings. The normalized spacial score (nSPS) is 13.2. The Balaban J connectivity index is 1.88. The molecule has 1 N–H and O–H groups in total. The van der Waals surface area contributed by atoms with Crippen LogP contribution in [0.2, 0.25) is 0 Å². The summed E-state index contributed by atoms with van der Waals surface area (Å²) in [5.41, 5.74) is 0.878. The molecule has 7 heteroatoms. The van der Waals surface area contributed by atoms with Crippen LogP contribution in [0.5, 0.6) is 5.75 Å². The Morgan fingerprint density at radius 3 is 2.55 bits per heavy atom. The number of nitrogens with zero attached hydrogens (tertiary/aromatic N) is 1. The van der Waals surface area contributed by atoms with Gasteiger partial charge in [-0.15, -0.1) is 24.5 Å². The van der Waals surface area contributed by atoms with E-state index in [2.05, 4.69) is 15.0 Å². The second kappa shape index (κ2) is 6.23. The van der Waals surface area contributed by atoms with Crippen molar-refractivity contribution in [3.8, 4) is 5.75 Å². The zero-order chi connectivity index (χ0) is 14.6. The van der Waals surface area contributed by atoms with E-state index < -0.39 is 6.36 Å². The lowest BCUT2D eigenvalue weighted by Gasteiger charge is -2.12. The van der Waals surface area contributed by atoms with E-state index in [1.165, 1.54) is 12.1 Å². The Labute approximate surface area is 118 Å². The molecule has 0 saturated carbocycles. The molecule has 0 saturated heterocycles. The molecular formula is C13H13F3N2OS. The van der Waals surface area contributed by atoms with E-state index in [1.54, 1.807) is 29.7 Å². The van der Waals surface area contributed by atoms with Crippen LogP contribution in [0, 0.1) is 0 Å². The Morgan fingerprint density at radius 1 is 1.30 bits per heavy atom. The fraction of sp³-hybridized carbons (Fsp3) is 0.308. The van der Waals surface area contributed by atoms with Crippen molar-refractivity contribution in [3.63, 3.8) is 0 Å². The Hall–Kier alpha value is -1.60. The zero-order valence-electron chi connectivity index (χ0n) is 10.6. The van der Waals surface area contributed by atoms with Crippen molar-refractivity contribution < 1.29 is 17.9 Å². The number of alkyl halides is 3. The molecule has 0 aliphatic heterocycles. The average molecular weight is 302 g/mol. The van der Waals surface area contributed by atoms with Gasteiger partial charge in [0.15, 0.2) is 0 Å². The molecular weight excluding hydrogens is 289 g/mol. The number of benzene rings is 1. The summed E-state index contributed by atoms with van der Waals surface area (Å²) in [6.45, 7) is 2.53. The highest BCUT2D eigenvalue weighted by atomic mass is 32.1. The van der Waals surface area contributed by atoms with Crippen LogP contribution in [0.15, 0.2) is 35.8 Å². The van der Waals surface area contributed by atoms with Crippen LogP contribution in [0.4, 0.5) is 13.2 Å². The van der Waals surface area contributed by atoms with Gasteiger partial charge < -0.3 is 10.1 Å². The molecule has 1 atom stereocenters. The van der Waals surface area contributed by atoms with Crippen LogP contribution in [-0.2, 0) is 6.54 Å². The van der Waals surface area contributed by atoms with Crippen molar-refractivity contribution in [2.24, 2.45) is 0 Å². The Morgan fingerprint density at radius 2 is 2.00 bits per heavy atom. The molecule has 0 spiro atoms. The monoisotopic (exact) mass is 302 g/mol. The molecule has 108 valence electrons. The molecule has 1 aromatic carbocycles.